The molecule has 6 amide bonds. The SMILES string of the molecule is C[C@H](NC(=O)[C@@H](Cc1ccccc1)NC(=O)CNC(=O)[C@@H](CC1CC=CS1)NC(=O)CCC(=O)Nc1ccccc1)C(=O)N1CCC[C@@H](C(=O)O)C1. The highest BCUT2D eigenvalue weighted by Gasteiger charge is 2.32. The molecule has 15 heteroatoms. The predicted octanol–water partition coefficient (Wildman–Crippen LogP) is 1.97. The molecule has 1 fully saturated rings. The second-order valence-electron chi connectivity index (χ2n) is 12.9. The summed E-state index contributed by atoms with van der Waals surface area (Å²) < 4.78 is 0. The number of carbonyl (C=O) groups is 7. The first-order valence-corrected chi connectivity index (χ1v) is 18.3. The second-order valence-corrected chi connectivity index (χ2v) is 14.1. The fraction of sp³-hybridized carbons (Fsp3) is 0.432. The van der Waals surface area contributed by atoms with Gasteiger partial charge in [0.1, 0.15) is 18.1 Å². The van der Waals surface area contributed by atoms with Gasteiger partial charge in [0.05, 0.1) is 12.5 Å². The number of aliphatic carboxylic acids is 1. The smallest absolute Gasteiger partial charge is 0.308 e. The molecular weight excluding hydrogens is 689 g/mol. The fourth-order valence-corrected chi connectivity index (χ4v) is 6.91. The van der Waals surface area contributed by atoms with Gasteiger partial charge in [0.25, 0.3) is 0 Å². The molecule has 6 N–H and O–H groups in total. The molecule has 0 spiro atoms. The van der Waals surface area contributed by atoms with E-state index in [0.29, 0.717) is 37.9 Å². The zero-order valence-corrected chi connectivity index (χ0v) is 29.9. The molecule has 0 radical (unpaired) electrons. The number of rotatable bonds is 17. The highest BCUT2D eigenvalue weighted by atomic mass is 32.2. The third-order valence-electron chi connectivity index (χ3n) is 8.72. The normalized spacial score (nSPS) is 18.3. The molecule has 0 aromatic heterocycles. The van der Waals surface area contributed by atoms with Crippen LogP contribution in [0.15, 0.2) is 72.1 Å². The van der Waals surface area contributed by atoms with Crippen molar-refractivity contribution in [2.45, 2.75) is 75.2 Å². The Morgan fingerprint density at radius 2 is 1.52 bits per heavy atom. The maximum atomic E-state index is 13.5. The summed E-state index contributed by atoms with van der Waals surface area (Å²) in [6.07, 6.45) is 3.84. The van der Waals surface area contributed by atoms with E-state index in [1.165, 1.54) is 23.6 Å². The molecule has 5 atom stereocenters. The Morgan fingerprint density at radius 3 is 2.19 bits per heavy atom. The van der Waals surface area contributed by atoms with Crippen LogP contribution in [-0.4, -0.2) is 94.4 Å². The van der Waals surface area contributed by atoms with E-state index in [2.05, 4.69) is 26.6 Å². The fourth-order valence-electron chi connectivity index (χ4n) is 5.94. The molecule has 2 aromatic carbocycles. The van der Waals surface area contributed by atoms with Crippen LogP contribution in [0.5, 0.6) is 0 Å². The zero-order chi connectivity index (χ0) is 37.5. The molecule has 0 aliphatic carbocycles. The Labute approximate surface area is 306 Å². The second kappa shape index (κ2) is 20.0. The minimum atomic E-state index is -1.10. The van der Waals surface area contributed by atoms with Crippen molar-refractivity contribution in [2.24, 2.45) is 5.92 Å². The molecule has 2 aliphatic rings. The lowest BCUT2D eigenvalue weighted by Gasteiger charge is -2.33. The first-order valence-electron chi connectivity index (χ1n) is 17.4. The lowest BCUT2D eigenvalue weighted by atomic mass is 9.97. The van der Waals surface area contributed by atoms with E-state index >= 15 is 0 Å². The molecule has 14 nitrogen and oxygen atoms in total. The number of hydrogen-bond donors (Lipinski definition) is 6. The van der Waals surface area contributed by atoms with Crippen LogP contribution in [0.3, 0.4) is 0 Å². The minimum absolute atomic E-state index is 0.0369. The van der Waals surface area contributed by atoms with Gasteiger partial charge in [-0.05, 0) is 55.7 Å². The Balaban J connectivity index is 1.33. The van der Waals surface area contributed by atoms with E-state index in [1.807, 2.05) is 23.6 Å². The lowest BCUT2D eigenvalue weighted by molar-refractivity contribution is -0.146. The number of para-hydroxylation sites is 1. The molecule has 0 bridgehead atoms. The molecule has 0 saturated carbocycles. The van der Waals surface area contributed by atoms with Crippen molar-refractivity contribution in [3.8, 4) is 0 Å². The topological polar surface area (TPSA) is 203 Å². The highest BCUT2D eigenvalue weighted by Crippen LogP contribution is 2.27. The van der Waals surface area contributed by atoms with E-state index in [-0.39, 0.29) is 37.0 Å². The van der Waals surface area contributed by atoms with Crippen LogP contribution in [0.25, 0.3) is 0 Å². The van der Waals surface area contributed by atoms with Gasteiger partial charge in [0.2, 0.25) is 35.4 Å². The Hall–Kier alpha value is -5.18. The van der Waals surface area contributed by atoms with Gasteiger partial charge >= 0.3 is 5.97 Å². The van der Waals surface area contributed by atoms with Gasteiger partial charge in [-0.2, -0.15) is 0 Å². The number of hydrogen-bond acceptors (Lipinski definition) is 8. The third kappa shape index (κ3) is 12.9. The van der Waals surface area contributed by atoms with E-state index < -0.39 is 66.1 Å². The molecule has 4 rings (SSSR count). The average molecular weight is 735 g/mol. The summed E-state index contributed by atoms with van der Waals surface area (Å²) in [5, 5.41) is 24.7. The van der Waals surface area contributed by atoms with E-state index in [9.17, 15) is 38.7 Å². The van der Waals surface area contributed by atoms with Gasteiger partial charge in [0.15, 0.2) is 0 Å². The quantitative estimate of drug-likeness (QED) is 0.141. The lowest BCUT2D eigenvalue weighted by Crippen LogP contribution is -2.56. The number of carboxylic acids is 1. The number of carboxylic acid groups (broad SMARTS) is 1. The van der Waals surface area contributed by atoms with E-state index in [0.717, 1.165) is 5.56 Å². The molecule has 2 heterocycles. The van der Waals surface area contributed by atoms with Crippen LogP contribution in [0.4, 0.5) is 5.69 Å². The molecule has 2 aliphatic heterocycles. The van der Waals surface area contributed by atoms with Gasteiger partial charge in [0, 0.05) is 43.3 Å². The van der Waals surface area contributed by atoms with Crippen molar-refractivity contribution in [3.63, 3.8) is 0 Å². The third-order valence-corrected chi connectivity index (χ3v) is 9.84. The van der Waals surface area contributed by atoms with Crippen molar-refractivity contribution in [2.75, 3.05) is 25.0 Å². The van der Waals surface area contributed by atoms with Crippen LogP contribution in [0, 0.1) is 5.92 Å². The van der Waals surface area contributed by atoms with Crippen molar-refractivity contribution in [1.82, 2.24) is 26.2 Å². The predicted molar refractivity (Wildman–Crippen MR) is 196 cm³/mol. The largest absolute Gasteiger partial charge is 0.481 e. The number of piperidine rings is 1. The molecule has 2 aromatic rings. The van der Waals surface area contributed by atoms with Gasteiger partial charge in [-0.1, -0.05) is 54.6 Å². The Kier molecular flexibility index (Phi) is 15.2. The molecule has 1 saturated heterocycles. The van der Waals surface area contributed by atoms with Crippen LogP contribution in [0.1, 0.15) is 51.0 Å². The number of allylic oxidation sites excluding steroid dienone is 1. The van der Waals surface area contributed by atoms with E-state index in [1.54, 1.807) is 48.5 Å². The van der Waals surface area contributed by atoms with Crippen molar-refractivity contribution in [1.29, 1.82) is 0 Å². The summed E-state index contributed by atoms with van der Waals surface area (Å²) in [4.78, 5) is 91.2. The van der Waals surface area contributed by atoms with Crippen LogP contribution >= 0.6 is 11.8 Å². The summed E-state index contributed by atoms with van der Waals surface area (Å²) in [6.45, 7) is 1.46. The number of amides is 6. The number of likely N-dealkylation sites (tertiary alicyclic amines) is 1. The molecule has 1 unspecified atom stereocenters. The monoisotopic (exact) mass is 734 g/mol. The van der Waals surface area contributed by atoms with Crippen LogP contribution in [-0.2, 0) is 40.0 Å². The van der Waals surface area contributed by atoms with Crippen molar-refractivity contribution < 1.29 is 38.7 Å². The maximum absolute atomic E-state index is 13.5. The Bertz CT molecular complexity index is 1600. The standard InChI is InChI=1S/C37H46N6O8S/c1-24(36(49)43-18-8-12-26(23-43)37(50)51)39-35(48)29(20-25-10-4-2-5-11-25)42-33(46)22-38-34(47)30(21-28-15-9-19-52-28)41-32(45)17-16-31(44)40-27-13-6-3-7-14-27/h2-7,9-11,13-14,19,24,26,28-30H,8,12,15-18,20-23H2,1H3,(H,38,47)(H,39,48)(H,40,44)(H,41,45)(H,42,46)(H,50,51)/t24-,26+,28?,29+,30+/m0/s1. The first kappa shape index (κ1) is 39.6. The Morgan fingerprint density at radius 1 is 0.846 bits per heavy atom. The summed E-state index contributed by atoms with van der Waals surface area (Å²) in [5.74, 6) is -4.78. The molecule has 52 heavy (non-hydrogen) atoms. The van der Waals surface area contributed by atoms with E-state index in [4.69, 9.17) is 0 Å². The van der Waals surface area contributed by atoms with Gasteiger partial charge < -0.3 is 36.6 Å². The van der Waals surface area contributed by atoms with Gasteiger partial charge in [-0.25, -0.2) is 0 Å². The van der Waals surface area contributed by atoms with Crippen molar-refractivity contribution >= 4 is 58.9 Å². The summed E-state index contributed by atoms with van der Waals surface area (Å²) in [7, 11) is 0. The molecular formula is C37H46N6O8S. The average Bonchev–Trinajstić information content (AvgIpc) is 3.66. The number of thioether (sulfide) groups is 1. The maximum Gasteiger partial charge on any atom is 0.308 e. The zero-order valence-electron chi connectivity index (χ0n) is 29.0. The summed E-state index contributed by atoms with van der Waals surface area (Å²) in [6, 6.07) is 14.7. The summed E-state index contributed by atoms with van der Waals surface area (Å²) >= 11 is 1.54. The number of benzene rings is 2. The number of nitrogens with zero attached hydrogens (tertiary/aromatic N) is 1. The first-order chi connectivity index (χ1) is 25.0. The van der Waals surface area contributed by atoms with Crippen LogP contribution in [0.2, 0.25) is 0 Å². The van der Waals surface area contributed by atoms with Gasteiger partial charge in [-0.3, -0.25) is 33.6 Å². The number of nitrogens with one attached hydrogen (secondary N) is 5. The summed E-state index contributed by atoms with van der Waals surface area (Å²) in [5.41, 5.74) is 1.35. The highest BCUT2D eigenvalue weighted by molar-refractivity contribution is 8.03. The molecule has 278 valence electrons. The van der Waals surface area contributed by atoms with Crippen molar-refractivity contribution in [3.05, 3.63) is 77.7 Å². The number of anilines is 1. The minimum Gasteiger partial charge on any atom is -0.481 e. The van der Waals surface area contributed by atoms with Crippen LogP contribution < -0.4 is 26.6 Å². The number of carbonyl (C=O) groups excluding carboxylic acids is 6. The van der Waals surface area contributed by atoms with Gasteiger partial charge in [-0.15, -0.1) is 11.8 Å².